The summed E-state index contributed by atoms with van der Waals surface area (Å²) in [5, 5.41) is 0. The molecule has 0 atom stereocenters. The molecular formula is C10H10F3N. The Morgan fingerprint density at radius 1 is 1.29 bits per heavy atom. The first-order valence-corrected chi connectivity index (χ1v) is 4.00. The van der Waals surface area contributed by atoms with Crippen molar-refractivity contribution in [1.82, 2.24) is 0 Å². The van der Waals surface area contributed by atoms with Gasteiger partial charge in [-0.2, -0.15) is 13.2 Å². The van der Waals surface area contributed by atoms with Crippen molar-refractivity contribution in [3.8, 4) is 0 Å². The smallest absolute Gasteiger partial charge is 0.398 e. The standard InChI is InChI=1S/C10H10F3N/c1-7-2-3-9(14)8(6-7)4-5-10(11,12)13/h2-6H,14H2,1H3/b5-4+. The van der Waals surface area contributed by atoms with Crippen LogP contribution in [0.5, 0.6) is 0 Å². The minimum atomic E-state index is -4.30. The molecule has 0 unspecified atom stereocenters. The lowest BCUT2D eigenvalue weighted by Gasteiger charge is -2.02. The monoisotopic (exact) mass is 201 g/mol. The van der Waals surface area contributed by atoms with Crippen LogP contribution in [-0.4, -0.2) is 6.18 Å². The van der Waals surface area contributed by atoms with Gasteiger partial charge in [0.25, 0.3) is 0 Å². The van der Waals surface area contributed by atoms with Crippen molar-refractivity contribution in [2.45, 2.75) is 13.1 Å². The van der Waals surface area contributed by atoms with Crippen molar-refractivity contribution in [3.05, 3.63) is 35.4 Å². The second-order valence-electron chi connectivity index (χ2n) is 3.01. The number of nitrogen functional groups attached to an aromatic ring is 1. The third kappa shape index (κ3) is 3.12. The van der Waals surface area contributed by atoms with Crippen molar-refractivity contribution >= 4 is 11.8 Å². The van der Waals surface area contributed by atoms with E-state index in [0.29, 0.717) is 11.3 Å². The molecule has 0 aliphatic rings. The Morgan fingerprint density at radius 2 is 1.93 bits per heavy atom. The summed E-state index contributed by atoms with van der Waals surface area (Å²) in [6.07, 6.45) is -3.14. The van der Waals surface area contributed by atoms with Crippen molar-refractivity contribution in [2.75, 3.05) is 5.73 Å². The van der Waals surface area contributed by atoms with E-state index in [1.54, 1.807) is 25.1 Å². The van der Waals surface area contributed by atoms with Crippen molar-refractivity contribution in [1.29, 1.82) is 0 Å². The van der Waals surface area contributed by atoms with Gasteiger partial charge in [-0.3, -0.25) is 0 Å². The van der Waals surface area contributed by atoms with E-state index >= 15 is 0 Å². The van der Waals surface area contributed by atoms with Crippen molar-refractivity contribution in [3.63, 3.8) is 0 Å². The van der Waals surface area contributed by atoms with E-state index in [9.17, 15) is 13.2 Å². The maximum atomic E-state index is 11.8. The van der Waals surface area contributed by atoms with Crippen LogP contribution in [0.25, 0.3) is 6.08 Å². The summed E-state index contributed by atoms with van der Waals surface area (Å²) in [4.78, 5) is 0. The van der Waals surface area contributed by atoms with Gasteiger partial charge < -0.3 is 5.73 Å². The molecule has 1 aromatic carbocycles. The number of rotatable bonds is 1. The summed E-state index contributed by atoms with van der Waals surface area (Å²) in [6.45, 7) is 1.80. The lowest BCUT2D eigenvalue weighted by atomic mass is 10.1. The van der Waals surface area contributed by atoms with E-state index in [2.05, 4.69) is 0 Å². The molecule has 0 spiro atoms. The third-order valence-electron chi connectivity index (χ3n) is 1.69. The predicted octanol–water partition coefficient (Wildman–Crippen LogP) is 3.15. The molecule has 0 radical (unpaired) electrons. The Hall–Kier alpha value is -1.45. The molecule has 76 valence electrons. The molecule has 0 amide bonds. The zero-order valence-electron chi connectivity index (χ0n) is 7.60. The van der Waals surface area contributed by atoms with Gasteiger partial charge in [-0.15, -0.1) is 0 Å². The average Bonchev–Trinajstić information content (AvgIpc) is 2.05. The Balaban J connectivity index is 2.97. The van der Waals surface area contributed by atoms with E-state index in [1.165, 1.54) is 0 Å². The SMILES string of the molecule is Cc1ccc(N)c(/C=C/C(F)(F)F)c1. The van der Waals surface area contributed by atoms with Crippen LogP contribution in [0.4, 0.5) is 18.9 Å². The minimum Gasteiger partial charge on any atom is -0.398 e. The van der Waals surface area contributed by atoms with Gasteiger partial charge in [0.15, 0.2) is 0 Å². The molecule has 0 aliphatic carbocycles. The summed E-state index contributed by atoms with van der Waals surface area (Å²) in [5.74, 6) is 0. The summed E-state index contributed by atoms with van der Waals surface area (Å²) < 4.78 is 35.5. The fourth-order valence-corrected chi connectivity index (χ4v) is 1.02. The number of hydrogen-bond donors (Lipinski definition) is 1. The Bertz CT molecular complexity index is 353. The first kappa shape index (κ1) is 10.6. The number of alkyl halides is 3. The van der Waals surface area contributed by atoms with Crippen LogP contribution in [0.15, 0.2) is 24.3 Å². The molecule has 0 saturated heterocycles. The second-order valence-corrected chi connectivity index (χ2v) is 3.01. The van der Waals surface area contributed by atoms with Crippen LogP contribution in [0.2, 0.25) is 0 Å². The quantitative estimate of drug-likeness (QED) is 0.694. The number of halogens is 3. The number of hydrogen-bond acceptors (Lipinski definition) is 1. The molecule has 14 heavy (non-hydrogen) atoms. The summed E-state index contributed by atoms with van der Waals surface area (Å²) >= 11 is 0. The lowest BCUT2D eigenvalue weighted by Crippen LogP contribution is -2.00. The molecule has 0 aromatic heterocycles. The number of aryl methyl sites for hydroxylation is 1. The van der Waals surface area contributed by atoms with E-state index < -0.39 is 6.18 Å². The van der Waals surface area contributed by atoms with Crippen LogP contribution < -0.4 is 5.73 Å². The number of anilines is 1. The van der Waals surface area contributed by atoms with Gasteiger partial charge in [-0.05, 0) is 30.7 Å². The molecule has 1 rings (SSSR count). The number of allylic oxidation sites excluding steroid dienone is 1. The maximum Gasteiger partial charge on any atom is 0.409 e. The topological polar surface area (TPSA) is 26.0 Å². The van der Waals surface area contributed by atoms with E-state index in [0.717, 1.165) is 11.6 Å². The van der Waals surface area contributed by atoms with Crippen molar-refractivity contribution in [2.24, 2.45) is 0 Å². The minimum absolute atomic E-state index is 0.179. The van der Waals surface area contributed by atoms with Gasteiger partial charge >= 0.3 is 6.18 Å². The van der Waals surface area contributed by atoms with E-state index in [4.69, 9.17) is 5.73 Å². The molecule has 0 heterocycles. The Morgan fingerprint density at radius 3 is 2.50 bits per heavy atom. The maximum absolute atomic E-state index is 11.8. The second kappa shape index (κ2) is 3.74. The average molecular weight is 201 g/mol. The van der Waals surface area contributed by atoms with Crippen LogP contribution in [0.3, 0.4) is 0 Å². The lowest BCUT2D eigenvalue weighted by molar-refractivity contribution is -0.0790. The molecule has 2 N–H and O–H groups in total. The van der Waals surface area contributed by atoms with Gasteiger partial charge in [0.05, 0.1) is 0 Å². The fourth-order valence-electron chi connectivity index (χ4n) is 1.02. The molecule has 4 heteroatoms. The van der Waals surface area contributed by atoms with Gasteiger partial charge in [-0.25, -0.2) is 0 Å². The Labute approximate surface area is 80.0 Å². The van der Waals surface area contributed by atoms with Gasteiger partial charge in [0, 0.05) is 11.8 Å². The fraction of sp³-hybridized carbons (Fsp3) is 0.200. The first-order valence-electron chi connectivity index (χ1n) is 4.00. The van der Waals surface area contributed by atoms with Gasteiger partial charge in [-0.1, -0.05) is 11.6 Å². The molecule has 0 bridgehead atoms. The molecule has 0 fully saturated rings. The summed E-state index contributed by atoms with van der Waals surface area (Å²) in [7, 11) is 0. The van der Waals surface area contributed by atoms with E-state index in [1.807, 2.05) is 0 Å². The van der Waals surface area contributed by atoms with Crippen LogP contribution >= 0.6 is 0 Å². The van der Waals surface area contributed by atoms with Gasteiger partial charge in [0.2, 0.25) is 0 Å². The van der Waals surface area contributed by atoms with Gasteiger partial charge in [0.1, 0.15) is 0 Å². The number of nitrogens with two attached hydrogens (primary N) is 1. The molecule has 0 aliphatic heterocycles. The molecule has 1 nitrogen and oxygen atoms in total. The van der Waals surface area contributed by atoms with Crippen LogP contribution in [0, 0.1) is 6.92 Å². The Kier molecular flexibility index (Phi) is 2.84. The van der Waals surface area contributed by atoms with E-state index in [-0.39, 0.29) is 6.08 Å². The highest BCUT2D eigenvalue weighted by Crippen LogP contribution is 2.21. The van der Waals surface area contributed by atoms with Crippen LogP contribution in [-0.2, 0) is 0 Å². The normalized spacial score (nSPS) is 12.3. The number of benzene rings is 1. The van der Waals surface area contributed by atoms with Crippen LogP contribution in [0.1, 0.15) is 11.1 Å². The predicted molar refractivity (Wildman–Crippen MR) is 50.7 cm³/mol. The zero-order chi connectivity index (χ0) is 10.8. The zero-order valence-corrected chi connectivity index (χ0v) is 7.60. The van der Waals surface area contributed by atoms with Crippen molar-refractivity contribution < 1.29 is 13.2 Å². The molecule has 0 saturated carbocycles. The highest BCUT2D eigenvalue weighted by atomic mass is 19.4. The third-order valence-corrected chi connectivity index (χ3v) is 1.69. The summed E-state index contributed by atoms with van der Waals surface area (Å²) in [5.41, 5.74) is 7.11. The highest BCUT2D eigenvalue weighted by Gasteiger charge is 2.21. The highest BCUT2D eigenvalue weighted by molar-refractivity contribution is 5.65. The molecule has 1 aromatic rings. The first-order chi connectivity index (χ1) is 6.38. The summed E-state index contributed by atoms with van der Waals surface area (Å²) in [6, 6.07) is 4.95. The largest absolute Gasteiger partial charge is 0.409 e. The molecular weight excluding hydrogens is 191 g/mol.